The molecule has 2 aliphatic heterocycles. The molecule has 3 rings (SSSR count). The molecule has 2 aliphatic rings. The van der Waals surface area contributed by atoms with E-state index in [1.165, 1.54) is 49.0 Å². The van der Waals surface area contributed by atoms with Gasteiger partial charge in [0, 0.05) is 31.2 Å². The number of benzene rings is 1. The van der Waals surface area contributed by atoms with Gasteiger partial charge in [-0.3, -0.25) is 4.90 Å². The van der Waals surface area contributed by atoms with Gasteiger partial charge in [-0.1, -0.05) is 18.2 Å². The van der Waals surface area contributed by atoms with Crippen LogP contribution in [0.1, 0.15) is 48.9 Å². The van der Waals surface area contributed by atoms with Crippen molar-refractivity contribution in [3.05, 3.63) is 34.9 Å². The molecule has 1 aromatic rings. The highest BCUT2D eigenvalue weighted by molar-refractivity contribution is 5.31. The first-order chi connectivity index (χ1) is 9.13. The van der Waals surface area contributed by atoms with Crippen molar-refractivity contribution in [2.45, 2.75) is 58.2 Å². The summed E-state index contributed by atoms with van der Waals surface area (Å²) in [6.07, 6.45) is 4.06. The molecule has 0 radical (unpaired) electrons. The van der Waals surface area contributed by atoms with E-state index >= 15 is 0 Å². The third kappa shape index (κ3) is 2.70. The molecular formula is C17H26N2. The number of hydrogen-bond donors (Lipinski definition) is 1. The van der Waals surface area contributed by atoms with Gasteiger partial charge in [0.05, 0.1) is 0 Å². The van der Waals surface area contributed by atoms with Gasteiger partial charge in [0.25, 0.3) is 0 Å². The van der Waals surface area contributed by atoms with E-state index in [9.17, 15) is 0 Å². The van der Waals surface area contributed by atoms with Crippen LogP contribution in [0.2, 0.25) is 0 Å². The number of nitrogens with zero attached hydrogens (tertiary/aromatic N) is 1. The van der Waals surface area contributed by atoms with E-state index in [4.69, 9.17) is 0 Å². The third-order valence-electron chi connectivity index (χ3n) is 5.12. The quantitative estimate of drug-likeness (QED) is 0.876. The van der Waals surface area contributed by atoms with Crippen LogP contribution in [0.3, 0.4) is 0 Å². The Morgan fingerprint density at radius 2 is 1.89 bits per heavy atom. The summed E-state index contributed by atoms with van der Waals surface area (Å²) >= 11 is 0. The summed E-state index contributed by atoms with van der Waals surface area (Å²) in [6, 6.07) is 8.99. The van der Waals surface area contributed by atoms with Crippen molar-refractivity contribution < 1.29 is 0 Å². The van der Waals surface area contributed by atoms with E-state index in [0.29, 0.717) is 6.04 Å². The fraction of sp³-hybridized carbons (Fsp3) is 0.647. The summed E-state index contributed by atoms with van der Waals surface area (Å²) in [4.78, 5) is 2.67. The fourth-order valence-corrected chi connectivity index (χ4v) is 3.56. The lowest BCUT2D eigenvalue weighted by atomic mass is 9.99. The van der Waals surface area contributed by atoms with Crippen LogP contribution >= 0.6 is 0 Å². The van der Waals surface area contributed by atoms with Crippen molar-refractivity contribution in [1.82, 2.24) is 10.2 Å². The summed E-state index contributed by atoms with van der Waals surface area (Å²) in [6.45, 7) is 9.23. The molecule has 0 amide bonds. The highest BCUT2D eigenvalue weighted by atomic mass is 15.2. The SMILES string of the molecule is Cc1ccc(C(C)N2CCC3CCC(C2)N3)cc1C. The molecule has 1 aromatic carbocycles. The van der Waals surface area contributed by atoms with Gasteiger partial charge in [-0.15, -0.1) is 0 Å². The molecule has 0 aromatic heterocycles. The molecule has 0 spiro atoms. The molecule has 104 valence electrons. The van der Waals surface area contributed by atoms with Crippen LogP contribution in [0.15, 0.2) is 18.2 Å². The lowest BCUT2D eigenvalue weighted by Gasteiger charge is -2.31. The van der Waals surface area contributed by atoms with E-state index in [2.05, 4.69) is 49.2 Å². The summed E-state index contributed by atoms with van der Waals surface area (Å²) in [5.41, 5.74) is 4.28. The second-order valence-electron chi connectivity index (χ2n) is 6.44. The molecule has 2 nitrogen and oxygen atoms in total. The molecule has 2 bridgehead atoms. The monoisotopic (exact) mass is 258 g/mol. The van der Waals surface area contributed by atoms with Crippen molar-refractivity contribution >= 4 is 0 Å². The van der Waals surface area contributed by atoms with Crippen LogP contribution in [0.4, 0.5) is 0 Å². The summed E-state index contributed by atoms with van der Waals surface area (Å²) in [5.74, 6) is 0. The number of aryl methyl sites for hydroxylation is 2. The molecular weight excluding hydrogens is 232 g/mol. The average Bonchev–Trinajstić information content (AvgIpc) is 2.72. The molecule has 2 fully saturated rings. The van der Waals surface area contributed by atoms with Crippen LogP contribution in [-0.2, 0) is 0 Å². The third-order valence-corrected chi connectivity index (χ3v) is 5.12. The van der Waals surface area contributed by atoms with Crippen LogP contribution in [0, 0.1) is 13.8 Å². The lowest BCUT2D eigenvalue weighted by Crippen LogP contribution is -2.36. The van der Waals surface area contributed by atoms with E-state index in [-0.39, 0.29) is 0 Å². The molecule has 0 saturated carbocycles. The zero-order valence-electron chi connectivity index (χ0n) is 12.4. The Balaban J connectivity index is 1.75. The second kappa shape index (κ2) is 5.26. The minimum absolute atomic E-state index is 0.542. The Morgan fingerprint density at radius 1 is 1.11 bits per heavy atom. The van der Waals surface area contributed by atoms with Crippen molar-refractivity contribution in [3.8, 4) is 0 Å². The smallest absolute Gasteiger partial charge is 0.0320 e. The first kappa shape index (κ1) is 13.1. The van der Waals surface area contributed by atoms with Gasteiger partial charge in [-0.2, -0.15) is 0 Å². The number of rotatable bonds is 2. The Kier molecular flexibility index (Phi) is 3.64. The van der Waals surface area contributed by atoms with E-state index < -0.39 is 0 Å². The number of hydrogen-bond acceptors (Lipinski definition) is 2. The molecule has 19 heavy (non-hydrogen) atoms. The Hall–Kier alpha value is -0.860. The Bertz CT molecular complexity index is 455. The van der Waals surface area contributed by atoms with Crippen LogP contribution in [0.25, 0.3) is 0 Å². The molecule has 1 N–H and O–H groups in total. The van der Waals surface area contributed by atoms with Crippen molar-refractivity contribution in [1.29, 1.82) is 0 Å². The van der Waals surface area contributed by atoms with Crippen LogP contribution < -0.4 is 5.32 Å². The van der Waals surface area contributed by atoms with Crippen molar-refractivity contribution in [2.75, 3.05) is 13.1 Å². The van der Waals surface area contributed by atoms with Crippen LogP contribution in [-0.4, -0.2) is 30.1 Å². The molecule has 2 saturated heterocycles. The zero-order valence-corrected chi connectivity index (χ0v) is 12.4. The summed E-state index contributed by atoms with van der Waals surface area (Å²) in [7, 11) is 0. The minimum atomic E-state index is 0.542. The van der Waals surface area contributed by atoms with Gasteiger partial charge in [0.15, 0.2) is 0 Å². The average molecular weight is 258 g/mol. The second-order valence-corrected chi connectivity index (χ2v) is 6.44. The van der Waals surface area contributed by atoms with Gasteiger partial charge in [-0.25, -0.2) is 0 Å². The van der Waals surface area contributed by atoms with Crippen LogP contribution in [0.5, 0.6) is 0 Å². The predicted octanol–water partition coefficient (Wildman–Crippen LogP) is 3.19. The summed E-state index contributed by atoms with van der Waals surface area (Å²) in [5, 5.41) is 3.77. The summed E-state index contributed by atoms with van der Waals surface area (Å²) < 4.78 is 0. The number of fused-ring (bicyclic) bond motifs is 2. The normalized spacial score (nSPS) is 29.2. The molecule has 3 atom stereocenters. The first-order valence-electron chi connectivity index (χ1n) is 7.71. The molecule has 0 aliphatic carbocycles. The van der Waals surface area contributed by atoms with E-state index in [0.717, 1.165) is 12.1 Å². The van der Waals surface area contributed by atoms with Gasteiger partial charge >= 0.3 is 0 Å². The lowest BCUT2D eigenvalue weighted by molar-refractivity contribution is 0.200. The highest BCUT2D eigenvalue weighted by Gasteiger charge is 2.31. The molecule has 2 heterocycles. The van der Waals surface area contributed by atoms with Crippen molar-refractivity contribution in [3.63, 3.8) is 0 Å². The van der Waals surface area contributed by atoms with Gasteiger partial charge < -0.3 is 5.32 Å². The maximum absolute atomic E-state index is 3.77. The van der Waals surface area contributed by atoms with E-state index in [1.807, 2.05) is 0 Å². The zero-order chi connectivity index (χ0) is 13.4. The molecule has 2 heteroatoms. The first-order valence-corrected chi connectivity index (χ1v) is 7.71. The van der Waals surface area contributed by atoms with Crippen molar-refractivity contribution in [2.24, 2.45) is 0 Å². The highest BCUT2D eigenvalue weighted by Crippen LogP contribution is 2.28. The minimum Gasteiger partial charge on any atom is -0.310 e. The number of likely N-dealkylation sites (tertiary alicyclic amines) is 1. The largest absolute Gasteiger partial charge is 0.310 e. The van der Waals surface area contributed by atoms with Gasteiger partial charge in [-0.05, 0) is 56.7 Å². The van der Waals surface area contributed by atoms with Gasteiger partial charge in [0.2, 0.25) is 0 Å². The maximum atomic E-state index is 3.77. The fourth-order valence-electron chi connectivity index (χ4n) is 3.56. The van der Waals surface area contributed by atoms with Gasteiger partial charge in [0.1, 0.15) is 0 Å². The molecule has 3 unspecified atom stereocenters. The Morgan fingerprint density at radius 3 is 2.68 bits per heavy atom. The topological polar surface area (TPSA) is 15.3 Å². The Labute approximate surface area is 117 Å². The predicted molar refractivity (Wildman–Crippen MR) is 80.5 cm³/mol. The maximum Gasteiger partial charge on any atom is 0.0320 e. The number of nitrogens with one attached hydrogen (secondary N) is 1. The van der Waals surface area contributed by atoms with E-state index in [1.54, 1.807) is 0 Å². The standard InChI is InChI=1S/C17H26N2/c1-12-4-5-15(10-13(12)2)14(3)19-9-8-16-6-7-17(11-19)18-16/h4-5,10,14,16-18H,6-9,11H2,1-3H3.